The molecule has 0 spiro atoms. The molecule has 0 fully saturated rings. The second kappa shape index (κ2) is 7.08. The van der Waals surface area contributed by atoms with E-state index >= 15 is 0 Å². The van der Waals surface area contributed by atoms with Crippen LogP contribution in [0.3, 0.4) is 0 Å². The lowest BCUT2D eigenvalue weighted by Crippen LogP contribution is -2.45. The van der Waals surface area contributed by atoms with E-state index in [0.29, 0.717) is 25.6 Å². The fourth-order valence-corrected chi connectivity index (χ4v) is 2.59. The molecule has 2 amide bonds. The van der Waals surface area contributed by atoms with Crippen LogP contribution in [0, 0.1) is 0 Å². The van der Waals surface area contributed by atoms with Crippen LogP contribution in [0.2, 0.25) is 0 Å². The number of urea groups is 1. The van der Waals surface area contributed by atoms with Crippen LogP contribution in [0.5, 0.6) is 5.88 Å². The van der Waals surface area contributed by atoms with Gasteiger partial charge in [0, 0.05) is 24.7 Å². The molecule has 0 bridgehead atoms. The van der Waals surface area contributed by atoms with Crippen LogP contribution in [0.15, 0.2) is 24.7 Å². The molecule has 3 rings (SSSR count). The van der Waals surface area contributed by atoms with E-state index < -0.39 is 0 Å². The van der Waals surface area contributed by atoms with Crippen molar-refractivity contribution in [2.45, 2.75) is 38.9 Å². The smallest absolute Gasteiger partial charge is 0.315 e. The van der Waals surface area contributed by atoms with E-state index in [1.807, 2.05) is 23.7 Å². The van der Waals surface area contributed by atoms with E-state index in [1.54, 1.807) is 12.5 Å². The molecule has 2 aromatic rings. The van der Waals surface area contributed by atoms with Crippen molar-refractivity contribution in [3.05, 3.63) is 36.0 Å². The quantitative estimate of drug-likeness (QED) is 0.854. The highest BCUT2D eigenvalue weighted by Gasteiger charge is 2.21. The summed E-state index contributed by atoms with van der Waals surface area (Å²) in [6.45, 7) is 3.47. The molecule has 0 radical (unpaired) electrons. The number of hydrogen-bond acceptors (Lipinski definition) is 5. The van der Waals surface area contributed by atoms with Crippen LogP contribution in [0.4, 0.5) is 4.79 Å². The number of hydrogen-bond donors (Lipinski definition) is 2. The number of rotatable bonds is 5. The number of aryl methyl sites for hydroxylation is 1. The first-order valence-electron chi connectivity index (χ1n) is 7.74. The molecule has 1 atom stereocenters. The Morgan fingerprint density at radius 1 is 1.48 bits per heavy atom. The Hall–Kier alpha value is -2.64. The van der Waals surface area contributed by atoms with Gasteiger partial charge < -0.3 is 15.4 Å². The molecule has 0 aromatic carbocycles. The summed E-state index contributed by atoms with van der Waals surface area (Å²) < 4.78 is 7.28. The van der Waals surface area contributed by atoms with Crippen molar-refractivity contribution in [1.29, 1.82) is 0 Å². The summed E-state index contributed by atoms with van der Waals surface area (Å²) in [4.78, 5) is 20.4. The average molecular weight is 316 g/mol. The Bertz CT molecular complexity index is 671. The number of carbonyl (C=O) groups excluding carboxylic acids is 1. The summed E-state index contributed by atoms with van der Waals surface area (Å²) in [5, 5.41) is 9.97. The fraction of sp³-hybridized carbons (Fsp3) is 0.467. The monoisotopic (exact) mass is 316 g/mol. The zero-order valence-corrected chi connectivity index (χ0v) is 13.0. The number of fused-ring (bicyclic) bond motifs is 1. The van der Waals surface area contributed by atoms with Crippen molar-refractivity contribution in [2.24, 2.45) is 0 Å². The molecular weight excluding hydrogens is 296 g/mol. The summed E-state index contributed by atoms with van der Waals surface area (Å²) in [7, 11) is 0. The molecule has 0 saturated carbocycles. The van der Waals surface area contributed by atoms with E-state index in [9.17, 15) is 4.79 Å². The Morgan fingerprint density at radius 3 is 3.26 bits per heavy atom. The van der Waals surface area contributed by atoms with Gasteiger partial charge >= 0.3 is 6.03 Å². The van der Waals surface area contributed by atoms with E-state index in [0.717, 1.165) is 24.2 Å². The minimum Gasteiger partial charge on any atom is -0.478 e. The van der Waals surface area contributed by atoms with Crippen molar-refractivity contribution in [1.82, 2.24) is 30.4 Å². The molecule has 0 unspecified atom stereocenters. The average Bonchev–Trinajstić information content (AvgIpc) is 3.02. The Labute approximate surface area is 134 Å². The van der Waals surface area contributed by atoms with Crippen LogP contribution in [0.25, 0.3) is 0 Å². The first-order chi connectivity index (χ1) is 11.3. The Morgan fingerprint density at radius 2 is 2.39 bits per heavy atom. The van der Waals surface area contributed by atoms with E-state index in [-0.39, 0.29) is 12.1 Å². The molecule has 2 aromatic heterocycles. The van der Waals surface area contributed by atoms with E-state index in [2.05, 4.69) is 25.7 Å². The first-order valence-corrected chi connectivity index (χ1v) is 7.74. The first kappa shape index (κ1) is 15.3. The molecule has 8 nitrogen and oxygen atoms in total. The highest BCUT2D eigenvalue weighted by molar-refractivity contribution is 5.74. The SMILES string of the molecule is CCOc1ncccc1CNC(=O)N[C@H]1CCc2ncnn2C1. The van der Waals surface area contributed by atoms with E-state index in [4.69, 9.17) is 4.74 Å². The van der Waals surface area contributed by atoms with Gasteiger partial charge in [-0.15, -0.1) is 0 Å². The molecule has 0 aliphatic carbocycles. The van der Waals surface area contributed by atoms with Crippen molar-refractivity contribution in [3.8, 4) is 5.88 Å². The van der Waals surface area contributed by atoms with Crippen molar-refractivity contribution in [3.63, 3.8) is 0 Å². The Balaban J connectivity index is 1.51. The molecule has 1 aliphatic heterocycles. The molecule has 1 aliphatic rings. The summed E-state index contributed by atoms with van der Waals surface area (Å²) in [5.41, 5.74) is 0.853. The number of nitrogens with one attached hydrogen (secondary N) is 2. The molecule has 8 heteroatoms. The van der Waals surface area contributed by atoms with Gasteiger partial charge in [0.2, 0.25) is 5.88 Å². The minimum atomic E-state index is -0.204. The maximum Gasteiger partial charge on any atom is 0.315 e. The van der Waals surface area contributed by atoms with Crippen molar-refractivity contribution in [2.75, 3.05) is 6.61 Å². The van der Waals surface area contributed by atoms with Crippen LogP contribution < -0.4 is 15.4 Å². The second-order valence-electron chi connectivity index (χ2n) is 5.32. The zero-order chi connectivity index (χ0) is 16.1. The summed E-state index contributed by atoms with van der Waals surface area (Å²) in [5.74, 6) is 1.53. The third-order valence-electron chi connectivity index (χ3n) is 3.71. The van der Waals surface area contributed by atoms with Gasteiger partial charge in [0.25, 0.3) is 0 Å². The van der Waals surface area contributed by atoms with Gasteiger partial charge in [-0.2, -0.15) is 5.10 Å². The van der Waals surface area contributed by atoms with Gasteiger partial charge in [0.1, 0.15) is 12.2 Å². The van der Waals surface area contributed by atoms with Crippen LogP contribution in [-0.4, -0.2) is 38.4 Å². The number of carbonyl (C=O) groups is 1. The van der Waals surface area contributed by atoms with Crippen molar-refractivity contribution < 1.29 is 9.53 Å². The largest absolute Gasteiger partial charge is 0.478 e. The minimum absolute atomic E-state index is 0.0597. The van der Waals surface area contributed by atoms with Gasteiger partial charge in [-0.1, -0.05) is 6.07 Å². The third-order valence-corrected chi connectivity index (χ3v) is 3.71. The van der Waals surface area contributed by atoms with Gasteiger partial charge in [-0.05, 0) is 19.4 Å². The predicted molar refractivity (Wildman–Crippen MR) is 82.9 cm³/mol. The number of pyridine rings is 1. The highest BCUT2D eigenvalue weighted by atomic mass is 16.5. The molecule has 23 heavy (non-hydrogen) atoms. The van der Waals surface area contributed by atoms with Gasteiger partial charge in [0.15, 0.2) is 0 Å². The maximum absolute atomic E-state index is 12.1. The molecular formula is C15H20N6O2. The lowest BCUT2D eigenvalue weighted by Gasteiger charge is -2.23. The lowest BCUT2D eigenvalue weighted by atomic mass is 10.1. The fourth-order valence-electron chi connectivity index (χ4n) is 2.59. The molecule has 3 heterocycles. The molecule has 2 N–H and O–H groups in total. The number of ether oxygens (including phenoxy) is 1. The molecule has 122 valence electrons. The van der Waals surface area contributed by atoms with Crippen LogP contribution >= 0.6 is 0 Å². The summed E-state index contributed by atoms with van der Waals surface area (Å²) in [6, 6.07) is 3.57. The third kappa shape index (κ3) is 3.77. The standard InChI is InChI=1S/C15H20N6O2/c1-2-23-14-11(4-3-7-16-14)8-17-15(22)20-12-5-6-13-18-10-19-21(13)9-12/h3-4,7,10,12H,2,5-6,8-9H2,1H3,(H2,17,20,22)/t12-/m0/s1. The topological polar surface area (TPSA) is 94.0 Å². The van der Waals surface area contributed by atoms with E-state index in [1.165, 1.54) is 0 Å². The summed E-state index contributed by atoms with van der Waals surface area (Å²) in [6.07, 6.45) is 4.91. The number of nitrogens with zero attached hydrogens (tertiary/aromatic N) is 4. The van der Waals surface area contributed by atoms with Crippen LogP contribution in [-0.2, 0) is 19.5 Å². The summed E-state index contributed by atoms with van der Waals surface area (Å²) >= 11 is 0. The Kier molecular flexibility index (Phi) is 4.70. The number of amides is 2. The number of aromatic nitrogens is 4. The predicted octanol–water partition coefficient (Wildman–Crippen LogP) is 0.886. The maximum atomic E-state index is 12.1. The zero-order valence-electron chi connectivity index (χ0n) is 13.0. The normalized spacial score (nSPS) is 16.5. The van der Waals surface area contributed by atoms with Gasteiger partial charge in [-0.3, -0.25) is 0 Å². The van der Waals surface area contributed by atoms with Gasteiger partial charge in [0.05, 0.1) is 19.2 Å². The highest BCUT2D eigenvalue weighted by Crippen LogP contribution is 2.14. The van der Waals surface area contributed by atoms with Crippen LogP contribution in [0.1, 0.15) is 24.7 Å². The molecule has 0 saturated heterocycles. The van der Waals surface area contributed by atoms with Crippen molar-refractivity contribution >= 4 is 6.03 Å². The van der Waals surface area contributed by atoms with Gasteiger partial charge in [-0.25, -0.2) is 19.4 Å². The lowest BCUT2D eigenvalue weighted by molar-refractivity contribution is 0.231. The second-order valence-corrected chi connectivity index (χ2v) is 5.32.